The fourth-order valence-corrected chi connectivity index (χ4v) is 6.73. The molecule has 0 radical (unpaired) electrons. The molecule has 6 aromatic carbocycles. The fraction of sp³-hybridized carbons (Fsp3) is 0.143. The monoisotopic (exact) mass is 570 g/mol. The lowest BCUT2D eigenvalue weighted by atomic mass is 9.93. The second kappa shape index (κ2) is 13.3. The van der Waals surface area contributed by atoms with Gasteiger partial charge in [0.1, 0.15) is 0 Å². The molecular formula is C42H38N2. The van der Waals surface area contributed by atoms with E-state index < -0.39 is 0 Å². The molecule has 44 heavy (non-hydrogen) atoms. The largest absolute Gasteiger partial charge is 0.290 e. The molecule has 0 saturated carbocycles. The molecular weight excluding hydrogens is 532 g/mol. The molecule has 0 spiro atoms. The van der Waals surface area contributed by atoms with E-state index >= 15 is 0 Å². The third-order valence-electron chi connectivity index (χ3n) is 8.98. The lowest BCUT2D eigenvalue weighted by molar-refractivity contribution is 0.0898. The summed E-state index contributed by atoms with van der Waals surface area (Å²) in [5.41, 5.74) is 10.4. The van der Waals surface area contributed by atoms with Crippen LogP contribution in [0.4, 0.5) is 0 Å². The van der Waals surface area contributed by atoms with Gasteiger partial charge in [-0.3, -0.25) is 9.80 Å². The lowest BCUT2D eigenvalue weighted by Gasteiger charge is -2.43. The van der Waals surface area contributed by atoms with Gasteiger partial charge in [0, 0.05) is 26.2 Å². The highest BCUT2D eigenvalue weighted by Gasteiger charge is 2.30. The maximum Gasteiger partial charge on any atom is 0.0602 e. The van der Waals surface area contributed by atoms with Crippen molar-refractivity contribution in [2.24, 2.45) is 0 Å². The van der Waals surface area contributed by atoms with Crippen LogP contribution < -0.4 is 0 Å². The molecule has 1 saturated heterocycles. The van der Waals surface area contributed by atoms with E-state index in [-0.39, 0.29) is 12.1 Å². The van der Waals surface area contributed by atoms with E-state index in [1.807, 2.05) is 0 Å². The third-order valence-corrected chi connectivity index (χ3v) is 8.98. The summed E-state index contributed by atoms with van der Waals surface area (Å²) in [5.74, 6) is 0. The van der Waals surface area contributed by atoms with E-state index in [0.717, 1.165) is 26.2 Å². The van der Waals surface area contributed by atoms with Crippen molar-refractivity contribution in [3.63, 3.8) is 0 Å². The standard InChI is InChI=1S/C42H38N2/c1-5-13-33(14-6-1)35-21-25-39(26-22-35)41(37-17-9-3-10-18-37)43-29-31-44(32-30-43)42(38-19-11-4-12-20-38)40-27-23-36(24-28-40)34-15-7-2-8-16-34/h1-28,41-42H,29-32H2/t41-,42-/m0/s1. The molecule has 0 N–H and O–H groups in total. The molecule has 1 aliphatic rings. The van der Waals surface area contributed by atoms with E-state index in [2.05, 4.69) is 180 Å². The molecule has 2 atom stereocenters. The first kappa shape index (κ1) is 28.0. The molecule has 2 heteroatoms. The van der Waals surface area contributed by atoms with Crippen LogP contribution in [0.1, 0.15) is 34.3 Å². The number of nitrogens with zero attached hydrogens (tertiary/aromatic N) is 2. The Bertz CT molecular complexity index is 1590. The molecule has 2 nitrogen and oxygen atoms in total. The second-order valence-electron chi connectivity index (χ2n) is 11.7. The molecule has 0 aliphatic carbocycles. The number of benzene rings is 6. The molecule has 0 aromatic heterocycles. The average molecular weight is 571 g/mol. The summed E-state index contributed by atoms with van der Waals surface area (Å²) in [4.78, 5) is 5.34. The first-order chi connectivity index (χ1) is 21.8. The quantitative estimate of drug-likeness (QED) is 0.180. The zero-order valence-corrected chi connectivity index (χ0v) is 25.0. The van der Waals surface area contributed by atoms with Gasteiger partial charge in [-0.05, 0) is 44.5 Å². The molecule has 1 heterocycles. The Morgan fingerprint density at radius 2 is 0.523 bits per heavy atom. The first-order valence-electron chi connectivity index (χ1n) is 15.7. The van der Waals surface area contributed by atoms with Gasteiger partial charge < -0.3 is 0 Å². The summed E-state index contributed by atoms with van der Waals surface area (Å²) in [5, 5.41) is 0. The van der Waals surface area contributed by atoms with E-state index in [4.69, 9.17) is 0 Å². The van der Waals surface area contributed by atoms with Crippen LogP contribution in [0.2, 0.25) is 0 Å². The molecule has 1 aliphatic heterocycles. The van der Waals surface area contributed by atoms with E-state index in [0.29, 0.717) is 0 Å². The van der Waals surface area contributed by atoms with Crippen molar-refractivity contribution in [1.29, 1.82) is 0 Å². The summed E-state index contributed by atoms with van der Waals surface area (Å²) in [6.45, 7) is 4.02. The normalized spacial score (nSPS) is 15.5. The Morgan fingerprint density at radius 3 is 0.841 bits per heavy atom. The average Bonchev–Trinajstić information content (AvgIpc) is 3.11. The zero-order chi connectivity index (χ0) is 29.6. The molecule has 216 valence electrons. The minimum absolute atomic E-state index is 0.225. The van der Waals surface area contributed by atoms with E-state index in [1.54, 1.807) is 0 Å². The highest BCUT2D eigenvalue weighted by atomic mass is 15.3. The van der Waals surface area contributed by atoms with Gasteiger partial charge in [0.25, 0.3) is 0 Å². The van der Waals surface area contributed by atoms with Gasteiger partial charge in [-0.25, -0.2) is 0 Å². The van der Waals surface area contributed by atoms with Gasteiger partial charge in [-0.2, -0.15) is 0 Å². The smallest absolute Gasteiger partial charge is 0.0602 e. The van der Waals surface area contributed by atoms with Crippen LogP contribution in [0.25, 0.3) is 22.3 Å². The highest BCUT2D eigenvalue weighted by Crippen LogP contribution is 2.35. The third kappa shape index (κ3) is 6.14. The van der Waals surface area contributed by atoms with Crippen molar-refractivity contribution in [3.8, 4) is 22.3 Å². The van der Waals surface area contributed by atoms with Crippen molar-refractivity contribution in [3.05, 3.63) is 192 Å². The summed E-state index contributed by atoms with van der Waals surface area (Å²) in [6, 6.07) is 62.2. The number of piperazine rings is 1. The maximum absolute atomic E-state index is 2.67. The minimum Gasteiger partial charge on any atom is -0.290 e. The van der Waals surface area contributed by atoms with Gasteiger partial charge in [-0.15, -0.1) is 0 Å². The van der Waals surface area contributed by atoms with Gasteiger partial charge >= 0.3 is 0 Å². The summed E-state index contributed by atoms with van der Waals surface area (Å²) < 4.78 is 0. The summed E-state index contributed by atoms with van der Waals surface area (Å²) >= 11 is 0. The lowest BCUT2D eigenvalue weighted by Crippen LogP contribution is -2.49. The Labute approximate surface area is 261 Å². The number of hydrogen-bond acceptors (Lipinski definition) is 2. The number of hydrogen-bond donors (Lipinski definition) is 0. The van der Waals surface area contributed by atoms with Crippen molar-refractivity contribution < 1.29 is 0 Å². The number of rotatable bonds is 8. The fourth-order valence-electron chi connectivity index (χ4n) is 6.73. The molecule has 7 rings (SSSR count). The van der Waals surface area contributed by atoms with Crippen LogP contribution in [-0.2, 0) is 0 Å². The van der Waals surface area contributed by atoms with Gasteiger partial charge in [0.2, 0.25) is 0 Å². The van der Waals surface area contributed by atoms with E-state index in [9.17, 15) is 0 Å². The van der Waals surface area contributed by atoms with Gasteiger partial charge in [-0.1, -0.05) is 170 Å². The summed E-state index contributed by atoms with van der Waals surface area (Å²) in [6.07, 6.45) is 0. The van der Waals surface area contributed by atoms with Crippen molar-refractivity contribution in [2.75, 3.05) is 26.2 Å². The molecule has 0 amide bonds. The van der Waals surface area contributed by atoms with Crippen molar-refractivity contribution >= 4 is 0 Å². The van der Waals surface area contributed by atoms with E-state index in [1.165, 1.54) is 44.5 Å². The topological polar surface area (TPSA) is 6.48 Å². The maximum atomic E-state index is 2.67. The Morgan fingerprint density at radius 1 is 0.273 bits per heavy atom. The summed E-state index contributed by atoms with van der Waals surface area (Å²) in [7, 11) is 0. The Hall–Kier alpha value is -4.76. The van der Waals surface area contributed by atoms with Crippen LogP contribution in [0.15, 0.2) is 170 Å². The van der Waals surface area contributed by atoms with Crippen LogP contribution in [0, 0.1) is 0 Å². The molecule has 1 fully saturated rings. The SMILES string of the molecule is c1ccc(-c2ccc([C@H](c3ccccc3)N3CCN([C@@H](c4ccccc4)c4ccc(-c5ccccc5)cc4)CC3)cc2)cc1. The highest BCUT2D eigenvalue weighted by molar-refractivity contribution is 5.64. The van der Waals surface area contributed by atoms with Crippen LogP contribution in [0.5, 0.6) is 0 Å². The second-order valence-corrected chi connectivity index (χ2v) is 11.7. The predicted octanol–water partition coefficient (Wildman–Crippen LogP) is 9.52. The van der Waals surface area contributed by atoms with Crippen LogP contribution in [0.3, 0.4) is 0 Å². The van der Waals surface area contributed by atoms with Crippen molar-refractivity contribution in [1.82, 2.24) is 9.80 Å². The zero-order valence-electron chi connectivity index (χ0n) is 25.0. The molecule has 0 unspecified atom stereocenters. The Kier molecular flexibility index (Phi) is 8.45. The predicted molar refractivity (Wildman–Crippen MR) is 183 cm³/mol. The van der Waals surface area contributed by atoms with Gasteiger partial charge in [0.15, 0.2) is 0 Å². The minimum atomic E-state index is 0.225. The van der Waals surface area contributed by atoms with Gasteiger partial charge in [0.05, 0.1) is 12.1 Å². The molecule has 0 bridgehead atoms. The Balaban J connectivity index is 1.14. The van der Waals surface area contributed by atoms with Crippen LogP contribution >= 0.6 is 0 Å². The molecule has 6 aromatic rings. The first-order valence-corrected chi connectivity index (χ1v) is 15.7. The van der Waals surface area contributed by atoms with Crippen LogP contribution in [-0.4, -0.2) is 36.0 Å². The van der Waals surface area contributed by atoms with Crippen molar-refractivity contribution in [2.45, 2.75) is 12.1 Å².